The molecule has 1 aliphatic rings. The van der Waals surface area contributed by atoms with Crippen molar-refractivity contribution < 1.29 is 28.2 Å². The Morgan fingerprint density at radius 1 is 1.23 bits per heavy atom. The minimum Gasteiger partial charge on any atom is -0.396 e. The van der Waals surface area contributed by atoms with E-state index in [9.17, 15) is 33.0 Å². The van der Waals surface area contributed by atoms with E-state index < -0.39 is 43.0 Å². The number of nitrogens with one attached hydrogen (secondary N) is 1. The molecule has 0 spiro atoms. The molecule has 2 unspecified atom stereocenters. The van der Waals surface area contributed by atoms with E-state index in [1.807, 2.05) is 0 Å². The fourth-order valence-corrected chi connectivity index (χ4v) is 3.60. The second-order valence-corrected chi connectivity index (χ2v) is 8.28. The summed E-state index contributed by atoms with van der Waals surface area (Å²) in [5.41, 5.74) is 5.04. The monoisotopic (exact) mass is 530 g/mol. The first-order valence-corrected chi connectivity index (χ1v) is 10.9. The largest absolute Gasteiger partial charge is 0.416 e. The molecule has 3 N–H and O–H groups in total. The molecule has 0 fully saturated rings. The van der Waals surface area contributed by atoms with Crippen LogP contribution < -0.4 is 11.0 Å². The summed E-state index contributed by atoms with van der Waals surface area (Å²) in [5.74, 6) is -0.911. The highest BCUT2D eigenvalue weighted by atomic mass is 35.5. The van der Waals surface area contributed by atoms with Crippen LogP contribution in [0.15, 0.2) is 63.3 Å². The van der Waals surface area contributed by atoms with Crippen LogP contribution >= 0.6 is 23.2 Å². The van der Waals surface area contributed by atoms with Crippen molar-refractivity contribution in [1.29, 1.82) is 0 Å². The van der Waals surface area contributed by atoms with Crippen LogP contribution in [0, 0.1) is 0 Å². The number of aliphatic hydroxyl groups excluding tert-OH is 2. The molecule has 2 aromatic rings. The van der Waals surface area contributed by atoms with Crippen LogP contribution in [0.3, 0.4) is 0 Å². The highest BCUT2D eigenvalue weighted by Crippen LogP contribution is 2.24. The van der Waals surface area contributed by atoms with Gasteiger partial charge < -0.3 is 15.5 Å². The molecule has 1 heterocycles. The normalized spacial score (nSPS) is 14.9. The third kappa shape index (κ3) is 6.55. The van der Waals surface area contributed by atoms with Crippen LogP contribution in [0.4, 0.5) is 13.2 Å². The van der Waals surface area contributed by atoms with Crippen LogP contribution in [0.25, 0.3) is 11.4 Å². The van der Waals surface area contributed by atoms with Crippen molar-refractivity contribution in [2.75, 3.05) is 6.61 Å². The lowest BCUT2D eigenvalue weighted by atomic mass is 10.0. The predicted octanol–water partition coefficient (Wildman–Crippen LogP) is 2.53. The van der Waals surface area contributed by atoms with Crippen LogP contribution in [-0.4, -0.2) is 55.4 Å². The van der Waals surface area contributed by atoms with Gasteiger partial charge in [-0.2, -0.15) is 13.2 Å². The molecule has 0 radical (unpaired) electrons. The van der Waals surface area contributed by atoms with Crippen LogP contribution in [-0.2, 0) is 17.9 Å². The maximum absolute atomic E-state index is 13.0. The zero-order valence-electron chi connectivity index (χ0n) is 17.9. The number of aliphatic hydroxyl groups is 2. The van der Waals surface area contributed by atoms with Crippen LogP contribution in [0.2, 0.25) is 5.02 Å². The summed E-state index contributed by atoms with van der Waals surface area (Å²) in [7, 11) is 0. The van der Waals surface area contributed by atoms with Gasteiger partial charge in [-0.15, -0.1) is 5.10 Å². The average molecular weight is 531 g/mol. The fourth-order valence-electron chi connectivity index (χ4n) is 3.23. The SMILES string of the molecule is O=C(Cn1nc(-c2ccc(Cl)cc2)n(CC(O)C(F)(F)F)c1=O)NC(CCO)C1=C=C=CC=C1Cl. The standard InChI is InChI=1S/C22H19Cl2F3N4O4/c23-14-7-5-13(6-8-14)20-29-31(21(35)30(20)11-18(33)22(25,26)27)12-19(34)28-17(9-10-32)15-3-1-2-4-16(15)24/h2,4-8,17-18,32-33H,9-12H2,(H,28,34). The van der Waals surface area contributed by atoms with Gasteiger partial charge in [0.05, 0.1) is 17.6 Å². The number of aromatic nitrogens is 3. The molecule has 1 aromatic heterocycles. The molecule has 0 saturated carbocycles. The first-order valence-electron chi connectivity index (χ1n) is 10.2. The van der Waals surface area contributed by atoms with Crippen molar-refractivity contribution in [2.24, 2.45) is 0 Å². The fraction of sp³-hybridized carbons (Fsp3) is 0.318. The number of carbonyl (C=O) groups is 1. The predicted molar refractivity (Wildman–Crippen MR) is 122 cm³/mol. The number of hydrogen-bond donors (Lipinski definition) is 3. The van der Waals surface area contributed by atoms with Crippen LogP contribution in [0.5, 0.6) is 0 Å². The number of nitrogens with zero attached hydrogens (tertiary/aromatic N) is 3. The van der Waals surface area contributed by atoms with Gasteiger partial charge in [-0.25, -0.2) is 9.48 Å². The minimum absolute atomic E-state index is 0.0803. The Morgan fingerprint density at radius 2 is 1.91 bits per heavy atom. The maximum atomic E-state index is 13.0. The summed E-state index contributed by atoms with van der Waals surface area (Å²) in [6.07, 6.45) is -4.68. The van der Waals surface area contributed by atoms with E-state index in [0.29, 0.717) is 19.8 Å². The summed E-state index contributed by atoms with van der Waals surface area (Å²) in [6, 6.07) is 5.01. The number of carbonyl (C=O) groups excluding carboxylic acids is 1. The number of allylic oxidation sites excluding steroid dienone is 2. The van der Waals surface area contributed by atoms with Crippen molar-refractivity contribution in [2.45, 2.75) is 37.8 Å². The number of hydrogen-bond acceptors (Lipinski definition) is 5. The lowest BCUT2D eigenvalue weighted by Crippen LogP contribution is -2.41. The molecular weight excluding hydrogens is 512 g/mol. The molecular formula is C22H19Cl2F3N4O4. The lowest BCUT2D eigenvalue weighted by molar-refractivity contribution is -0.207. The summed E-state index contributed by atoms with van der Waals surface area (Å²) >= 11 is 12.0. The molecule has 1 amide bonds. The van der Waals surface area contributed by atoms with Crippen molar-refractivity contribution >= 4 is 29.1 Å². The van der Waals surface area contributed by atoms with Gasteiger partial charge in [-0.05, 0) is 42.8 Å². The van der Waals surface area contributed by atoms with E-state index in [2.05, 4.69) is 21.9 Å². The number of halogens is 5. The molecule has 0 saturated heterocycles. The second kappa shape index (κ2) is 11.1. The zero-order valence-corrected chi connectivity index (χ0v) is 19.4. The van der Waals surface area contributed by atoms with Gasteiger partial charge in [0.15, 0.2) is 11.9 Å². The summed E-state index contributed by atoms with van der Waals surface area (Å²) < 4.78 is 40.2. The van der Waals surface area contributed by atoms with Gasteiger partial charge in [0.2, 0.25) is 5.91 Å². The highest BCUT2D eigenvalue weighted by Gasteiger charge is 2.39. The summed E-state index contributed by atoms with van der Waals surface area (Å²) in [4.78, 5) is 25.6. The van der Waals surface area contributed by atoms with Crippen molar-refractivity contribution in [1.82, 2.24) is 19.7 Å². The Labute approximate surface area is 206 Å². The number of amides is 1. The van der Waals surface area contributed by atoms with Crippen LogP contribution in [0.1, 0.15) is 6.42 Å². The smallest absolute Gasteiger partial charge is 0.396 e. The second-order valence-electron chi connectivity index (χ2n) is 7.44. The van der Waals surface area contributed by atoms with Gasteiger partial charge in [0, 0.05) is 22.8 Å². The van der Waals surface area contributed by atoms with E-state index in [0.717, 1.165) is 0 Å². The maximum Gasteiger partial charge on any atom is 0.416 e. The van der Waals surface area contributed by atoms with Crippen molar-refractivity contribution in [3.05, 3.63) is 74.0 Å². The number of alkyl halides is 3. The molecule has 1 aromatic carbocycles. The Bertz CT molecular complexity index is 1290. The zero-order chi connectivity index (χ0) is 25.8. The average Bonchev–Trinajstić information content (AvgIpc) is 3.09. The summed E-state index contributed by atoms with van der Waals surface area (Å²) in [5, 5.41) is 26.1. The topological polar surface area (TPSA) is 109 Å². The first kappa shape index (κ1) is 26.6. The highest BCUT2D eigenvalue weighted by molar-refractivity contribution is 6.32. The summed E-state index contributed by atoms with van der Waals surface area (Å²) in [6.45, 7) is -2.07. The van der Waals surface area contributed by atoms with Crippen molar-refractivity contribution in [3.8, 4) is 11.4 Å². The Balaban J connectivity index is 1.92. The lowest BCUT2D eigenvalue weighted by Gasteiger charge is -2.19. The molecule has 186 valence electrons. The number of benzene rings is 1. The Hall–Kier alpha value is -3.04. The van der Waals surface area contributed by atoms with Gasteiger partial charge in [0.1, 0.15) is 6.54 Å². The molecule has 3 rings (SSSR count). The number of rotatable bonds is 9. The third-order valence-electron chi connectivity index (χ3n) is 4.93. The van der Waals surface area contributed by atoms with E-state index >= 15 is 0 Å². The molecule has 0 aliphatic heterocycles. The van der Waals surface area contributed by atoms with E-state index in [1.54, 1.807) is 0 Å². The van der Waals surface area contributed by atoms with E-state index in [1.165, 1.54) is 36.4 Å². The Kier molecular flexibility index (Phi) is 8.45. The van der Waals surface area contributed by atoms with E-state index in [-0.39, 0.29) is 29.4 Å². The molecule has 2 atom stereocenters. The van der Waals surface area contributed by atoms with Crippen molar-refractivity contribution in [3.63, 3.8) is 0 Å². The Morgan fingerprint density at radius 3 is 2.51 bits per heavy atom. The van der Waals surface area contributed by atoms with Gasteiger partial charge in [-0.3, -0.25) is 9.36 Å². The van der Waals surface area contributed by atoms with Gasteiger partial charge in [-0.1, -0.05) is 34.7 Å². The molecule has 35 heavy (non-hydrogen) atoms. The molecule has 13 heteroatoms. The van der Waals surface area contributed by atoms with Gasteiger partial charge >= 0.3 is 11.9 Å². The molecule has 0 bridgehead atoms. The van der Waals surface area contributed by atoms with E-state index in [4.69, 9.17) is 23.2 Å². The van der Waals surface area contributed by atoms with Gasteiger partial charge in [0.25, 0.3) is 0 Å². The molecule has 1 aliphatic carbocycles. The quantitative estimate of drug-likeness (QED) is 0.431. The first-order chi connectivity index (χ1) is 16.5. The minimum atomic E-state index is -4.98. The third-order valence-corrected chi connectivity index (χ3v) is 5.51. The molecule has 8 nitrogen and oxygen atoms in total.